The zero-order chi connectivity index (χ0) is 18.5. The number of amides is 1. The van der Waals surface area contributed by atoms with Gasteiger partial charge in [-0.25, -0.2) is 4.39 Å². The van der Waals surface area contributed by atoms with Crippen LogP contribution in [0.15, 0.2) is 42.5 Å². The number of piperazine rings is 1. The number of benzene rings is 2. The molecule has 0 radical (unpaired) electrons. The summed E-state index contributed by atoms with van der Waals surface area (Å²) in [6.07, 6.45) is 0. The predicted molar refractivity (Wildman–Crippen MR) is 98.7 cm³/mol. The highest BCUT2D eigenvalue weighted by atomic mass is 19.1. The second-order valence-corrected chi connectivity index (χ2v) is 6.02. The predicted octanol–water partition coefficient (Wildman–Crippen LogP) is 3.20. The topological polar surface area (TPSA) is 42.0 Å². The molecule has 2 aromatic carbocycles. The number of carbonyl (C=O) groups excluding carboxylic acids is 1. The molecule has 0 unspecified atom stereocenters. The van der Waals surface area contributed by atoms with E-state index in [9.17, 15) is 9.18 Å². The van der Waals surface area contributed by atoms with E-state index in [4.69, 9.17) is 9.47 Å². The van der Waals surface area contributed by atoms with Gasteiger partial charge in [0.15, 0.2) is 0 Å². The fourth-order valence-corrected chi connectivity index (χ4v) is 3.16. The molecule has 1 amide bonds. The summed E-state index contributed by atoms with van der Waals surface area (Å²) in [6.45, 7) is 5.05. The van der Waals surface area contributed by atoms with Crippen LogP contribution in [-0.2, 0) is 0 Å². The van der Waals surface area contributed by atoms with E-state index < -0.39 is 5.82 Å². The van der Waals surface area contributed by atoms with E-state index in [1.807, 2.05) is 31.2 Å². The van der Waals surface area contributed by atoms with Gasteiger partial charge in [0.2, 0.25) is 0 Å². The number of methoxy groups -OCH3 is 1. The molecule has 2 aromatic rings. The van der Waals surface area contributed by atoms with Crippen molar-refractivity contribution in [1.29, 1.82) is 0 Å². The Balaban J connectivity index is 1.71. The largest absolute Gasteiger partial charge is 0.496 e. The standard InChI is InChI=1S/C20H23FN2O3/c1-3-26-19-7-5-4-6-17(19)22-10-12-23(13-11-22)20(24)16-14-15(21)8-9-18(16)25-2/h4-9,14H,3,10-13H2,1-2H3. The monoisotopic (exact) mass is 358 g/mol. The first-order chi connectivity index (χ1) is 12.6. The van der Waals surface area contributed by atoms with Crippen LogP contribution in [0, 0.1) is 5.82 Å². The Morgan fingerprint density at radius 1 is 1.08 bits per heavy atom. The summed E-state index contributed by atoms with van der Waals surface area (Å²) in [4.78, 5) is 16.7. The number of hydrogen-bond donors (Lipinski definition) is 0. The summed E-state index contributed by atoms with van der Waals surface area (Å²) in [5, 5.41) is 0. The highest BCUT2D eigenvalue weighted by molar-refractivity contribution is 5.97. The molecule has 1 saturated heterocycles. The van der Waals surface area contributed by atoms with Gasteiger partial charge in [-0.3, -0.25) is 4.79 Å². The smallest absolute Gasteiger partial charge is 0.257 e. The minimum Gasteiger partial charge on any atom is -0.496 e. The normalized spacial score (nSPS) is 14.3. The van der Waals surface area contributed by atoms with E-state index in [0.29, 0.717) is 38.5 Å². The maximum absolute atomic E-state index is 13.6. The molecule has 138 valence electrons. The van der Waals surface area contributed by atoms with Crippen LogP contribution in [0.3, 0.4) is 0 Å². The number of hydrogen-bond acceptors (Lipinski definition) is 4. The van der Waals surface area contributed by atoms with Crippen LogP contribution < -0.4 is 14.4 Å². The Morgan fingerprint density at radius 3 is 2.50 bits per heavy atom. The number of nitrogens with zero attached hydrogens (tertiary/aromatic N) is 2. The Bertz CT molecular complexity index is 773. The van der Waals surface area contributed by atoms with Crippen LogP contribution in [0.1, 0.15) is 17.3 Å². The molecule has 1 aliphatic rings. The number of para-hydroxylation sites is 2. The molecule has 1 heterocycles. The van der Waals surface area contributed by atoms with Gasteiger partial charge in [0.1, 0.15) is 17.3 Å². The Morgan fingerprint density at radius 2 is 1.81 bits per heavy atom. The van der Waals surface area contributed by atoms with Gasteiger partial charge in [-0.05, 0) is 37.3 Å². The van der Waals surface area contributed by atoms with Gasteiger partial charge in [0, 0.05) is 26.2 Å². The quantitative estimate of drug-likeness (QED) is 0.823. The van der Waals surface area contributed by atoms with Crippen molar-refractivity contribution in [2.24, 2.45) is 0 Å². The molecule has 0 atom stereocenters. The van der Waals surface area contributed by atoms with Gasteiger partial charge in [0.05, 0.1) is 25.0 Å². The molecule has 1 aliphatic heterocycles. The third-order valence-electron chi connectivity index (χ3n) is 4.46. The molecule has 0 saturated carbocycles. The summed E-state index contributed by atoms with van der Waals surface area (Å²) in [6, 6.07) is 11.9. The van der Waals surface area contributed by atoms with E-state index in [1.165, 1.54) is 25.3 Å². The highest BCUT2D eigenvalue weighted by Crippen LogP contribution is 2.29. The zero-order valence-corrected chi connectivity index (χ0v) is 15.1. The molecule has 0 spiro atoms. The first-order valence-corrected chi connectivity index (χ1v) is 8.73. The highest BCUT2D eigenvalue weighted by Gasteiger charge is 2.25. The Kier molecular flexibility index (Phi) is 5.61. The van der Waals surface area contributed by atoms with E-state index in [2.05, 4.69) is 4.90 Å². The molecular weight excluding hydrogens is 335 g/mol. The molecule has 0 aromatic heterocycles. The van der Waals surface area contributed by atoms with Crippen molar-refractivity contribution in [2.45, 2.75) is 6.92 Å². The van der Waals surface area contributed by atoms with Crippen molar-refractivity contribution < 1.29 is 18.7 Å². The van der Waals surface area contributed by atoms with E-state index >= 15 is 0 Å². The van der Waals surface area contributed by atoms with Gasteiger partial charge in [0.25, 0.3) is 5.91 Å². The van der Waals surface area contributed by atoms with Crippen molar-refractivity contribution in [2.75, 3.05) is 44.8 Å². The number of carbonyl (C=O) groups is 1. The second-order valence-electron chi connectivity index (χ2n) is 6.02. The number of ether oxygens (including phenoxy) is 2. The lowest BCUT2D eigenvalue weighted by molar-refractivity contribution is 0.0742. The van der Waals surface area contributed by atoms with E-state index in [-0.39, 0.29) is 11.5 Å². The van der Waals surface area contributed by atoms with Crippen molar-refractivity contribution in [3.05, 3.63) is 53.8 Å². The molecule has 6 heteroatoms. The molecule has 26 heavy (non-hydrogen) atoms. The SMILES string of the molecule is CCOc1ccccc1N1CCN(C(=O)c2cc(F)ccc2OC)CC1. The number of halogens is 1. The lowest BCUT2D eigenvalue weighted by Crippen LogP contribution is -2.49. The van der Waals surface area contributed by atoms with Crippen molar-refractivity contribution in [1.82, 2.24) is 4.90 Å². The first kappa shape index (κ1) is 18.0. The van der Waals surface area contributed by atoms with Gasteiger partial charge < -0.3 is 19.3 Å². The van der Waals surface area contributed by atoms with Crippen molar-refractivity contribution in [3.8, 4) is 11.5 Å². The van der Waals surface area contributed by atoms with Gasteiger partial charge in [-0.1, -0.05) is 12.1 Å². The summed E-state index contributed by atoms with van der Waals surface area (Å²) in [7, 11) is 1.48. The lowest BCUT2D eigenvalue weighted by Gasteiger charge is -2.36. The minimum atomic E-state index is -0.446. The van der Waals surface area contributed by atoms with Crippen LogP contribution >= 0.6 is 0 Å². The van der Waals surface area contributed by atoms with Gasteiger partial charge >= 0.3 is 0 Å². The lowest BCUT2D eigenvalue weighted by atomic mass is 10.1. The summed E-state index contributed by atoms with van der Waals surface area (Å²) < 4.78 is 24.5. The average molecular weight is 358 g/mol. The molecule has 0 bridgehead atoms. The number of rotatable bonds is 5. The van der Waals surface area contributed by atoms with Gasteiger partial charge in [-0.15, -0.1) is 0 Å². The molecule has 3 rings (SSSR count). The van der Waals surface area contributed by atoms with Crippen molar-refractivity contribution >= 4 is 11.6 Å². The fourth-order valence-electron chi connectivity index (χ4n) is 3.16. The van der Waals surface area contributed by atoms with Gasteiger partial charge in [-0.2, -0.15) is 0 Å². The fraction of sp³-hybridized carbons (Fsp3) is 0.350. The first-order valence-electron chi connectivity index (χ1n) is 8.73. The van der Waals surface area contributed by atoms with E-state index in [0.717, 1.165) is 11.4 Å². The van der Waals surface area contributed by atoms with Crippen LogP contribution in [0.2, 0.25) is 0 Å². The molecule has 0 aliphatic carbocycles. The van der Waals surface area contributed by atoms with Crippen molar-refractivity contribution in [3.63, 3.8) is 0 Å². The summed E-state index contributed by atoms with van der Waals surface area (Å²) >= 11 is 0. The third kappa shape index (κ3) is 3.74. The summed E-state index contributed by atoms with van der Waals surface area (Å²) in [5.41, 5.74) is 1.29. The van der Waals surface area contributed by atoms with E-state index in [1.54, 1.807) is 4.90 Å². The minimum absolute atomic E-state index is 0.209. The second kappa shape index (κ2) is 8.08. The molecule has 5 nitrogen and oxygen atoms in total. The maximum Gasteiger partial charge on any atom is 0.257 e. The van der Waals surface area contributed by atoms with Crippen LogP contribution in [0.25, 0.3) is 0 Å². The summed E-state index contributed by atoms with van der Waals surface area (Å²) in [5.74, 6) is 0.583. The number of anilines is 1. The third-order valence-corrected chi connectivity index (χ3v) is 4.46. The molecule has 1 fully saturated rings. The molecule has 0 N–H and O–H groups in total. The zero-order valence-electron chi connectivity index (χ0n) is 15.1. The van der Waals surface area contributed by atoms with Crippen LogP contribution in [0.5, 0.6) is 11.5 Å². The maximum atomic E-state index is 13.6. The van der Waals surface area contributed by atoms with Crippen LogP contribution in [0.4, 0.5) is 10.1 Å². The molecular formula is C20H23FN2O3. The Labute approximate surface area is 152 Å². The average Bonchev–Trinajstić information content (AvgIpc) is 2.68. The van der Waals surface area contributed by atoms with Crippen LogP contribution in [-0.4, -0.2) is 50.7 Å². The Hall–Kier alpha value is -2.76.